The van der Waals surface area contributed by atoms with Crippen LogP contribution in [0.1, 0.15) is 84.5 Å². The Hall–Kier alpha value is -0.749. The van der Waals surface area contributed by atoms with Gasteiger partial charge in [0.25, 0.3) is 5.97 Å². The molecule has 1 aliphatic rings. The van der Waals surface area contributed by atoms with Gasteiger partial charge in [-0.15, -0.1) is 0 Å². The third-order valence-electron chi connectivity index (χ3n) is 6.76. The Bertz CT molecular complexity index is 783. The maximum Gasteiger partial charge on any atom is 0.292 e. The van der Waals surface area contributed by atoms with E-state index < -0.39 is 25.0 Å². The third kappa shape index (κ3) is 17.3. The second-order valence-corrected chi connectivity index (χ2v) is 27.7. The lowest BCUT2D eigenvalue weighted by Crippen LogP contribution is -2.35. The summed E-state index contributed by atoms with van der Waals surface area (Å²) in [6.07, 6.45) is 16.4. The lowest BCUT2D eigenvalue weighted by Gasteiger charge is -2.29. The van der Waals surface area contributed by atoms with Crippen molar-refractivity contribution >= 4 is 36.6 Å². The van der Waals surface area contributed by atoms with Gasteiger partial charge < -0.3 is 18.1 Å². The smallest absolute Gasteiger partial charge is 0.292 e. The minimum absolute atomic E-state index is 0.0355. The Morgan fingerprint density at radius 2 is 1.57 bits per heavy atom. The molecule has 234 valence electrons. The van der Waals surface area contributed by atoms with E-state index in [9.17, 15) is 4.79 Å². The van der Waals surface area contributed by atoms with Crippen molar-refractivity contribution in [1.82, 2.24) is 0 Å². The molecular weight excluding hydrogens is 551 g/mol. The van der Waals surface area contributed by atoms with Crippen LogP contribution in [0.4, 0.5) is 0 Å². The van der Waals surface area contributed by atoms with Gasteiger partial charge in [-0.2, -0.15) is 0 Å². The average molecular weight is 614 g/mol. The van der Waals surface area contributed by atoms with Gasteiger partial charge in [-0.3, -0.25) is 4.79 Å². The zero-order valence-electron chi connectivity index (χ0n) is 27.9. The van der Waals surface area contributed by atoms with E-state index in [-0.39, 0.29) is 24.1 Å². The Morgan fingerprint density at radius 3 is 2.15 bits per heavy atom. The zero-order valence-corrected chi connectivity index (χ0v) is 30.9. The van der Waals surface area contributed by atoms with Gasteiger partial charge in [-0.1, -0.05) is 62.8 Å². The summed E-state index contributed by atoms with van der Waals surface area (Å²) in [6.45, 7) is 24.6. The predicted octanol–water partition coefficient (Wildman–Crippen LogP) is 9.31. The molecule has 0 unspecified atom stereocenters. The molecule has 0 bridgehead atoms. The van der Waals surface area contributed by atoms with E-state index in [1.54, 1.807) is 0 Å². The average Bonchev–Trinajstić information content (AvgIpc) is 3.10. The summed E-state index contributed by atoms with van der Waals surface area (Å²) >= 11 is 0. The van der Waals surface area contributed by atoms with Crippen molar-refractivity contribution in [1.29, 1.82) is 0 Å². The third-order valence-corrected chi connectivity index (χ3v) is 9.62. The molecule has 0 aromatic heterocycles. The normalized spacial score (nSPS) is 22.3. The van der Waals surface area contributed by atoms with Crippen molar-refractivity contribution in [2.24, 2.45) is 17.0 Å². The molecular formula is C31H63NO5Si3. The number of carbonyl (C=O) groups is 1. The topological polar surface area (TPSA) is 66.4 Å². The highest BCUT2D eigenvalue weighted by Crippen LogP contribution is 2.39. The first-order valence-corrected chi connectivity index (χ1v) is 26.2. The molecule has 4 atom stereocenters. The van der Waals surface area contributed by atoms with Gasteiger partial charge >= 0.3 is 0 Å². The molecule has 0 spiro atoms. The first kappa shape index (κ1) is 37.3. The molecule has 1 rings (SSSR count). The van der Waals surface area contributed by atoms with E-state index in [0.717, 1.165) is 50.7 Å². The van der Waals surface area contributed by atoms with Gasteiger partial charge in [0.15, 0.2) is 16.6 Å². The predicted molar refractivity (Wildman–Crippen MR) is 178 cm³/mol. The van der Waals surface area contributed by atoms with Crippen LogP contribution in [0.5, 0.6) is 0 Å². The largest absolute Gasteiger partial charge is 0.520 e. The quantitative estimate of drug-likeness (QED) is 0.0592. The molecule has 1 fully saturated rings. The van der Waals surface area contributed by atoms with Crippen LogP contribution < -0.4 is 0 Å². The lowest BCUT2D eigenvalue weighted by atomic mass is 9.88. The summed E-state index contributed by atoms with van der Waals surface area (Å²) in [4.78, 5) is 17.7. The Labute approximate surface area is 250 Å². The molecule has 1 aliphatic carbocycles. The van der Waals surface area contributed by atoms with Crippen LogP contribution in [0.2, 0.25) is 58.9 Å². The molecule has 40 heavy (non-hydrogen) atoms. The van der Waals surface area contributed by atoms with Crippen molar-refractivity contribution < 1.29 is 22.9 Å². The zero-order chi connectivity index (χ0) is 30.4. The van der Waals surface area contributed by atoms with Crippen LogP contribution >= 0.6 is 0 Å². The lowest BCUT2D eigenvalue weighted by molar-refractivity contribution is -0.135. The SMILES string of the molecule is CCCCC[C@@H](/C=C/[C@H]1[C@H](O[Si](C)(C)C)C/C(=N/OCC)[C@@H]1CCCCCCC(=O)O[Si](C)(C)C)O[Si](C)(C)C. The molecule has 0 aromatic rings. The number of carbonyl (C=O) groups excluding carboxylic acids is 1. The van der Waals surface area contributed by atoms with Crippen LogP contribution in [0, 0.1) is 11.8 Å². The number of rotatable bonds is 20. The number of oxime groups is 1. The van der Waals surface area contributed by atoms with Crippen molar-refractivity contribution in [3.63, 3.8) is 0 Å². The summed E-state index contributed by atoms with van der Waals surface area (Å²) < 4.78 is 19.0. The number of hydrogen-bond donors (Lipinski definition) is 0. The fourth-order valence-corrected chi connectivity index (χ4v) is 8.33. The molecule has 0 N–H and O–H groups in total. The molecule has 0 radical (unpaired) electrons. The van der Waals surface area contributed by atoms with Gasteiger partial charge in [0.1, 0.15) is 6.61 Å². The summed E-state index contributed by atoms with van der Waals surface area (Å²) in [6, 6.07) is 0. The highest BCUT2D eigenvalue weighted by atomic mass is 28.4. The molecule has 6 nitrogen and oxygen atoms in total. The summed E-state index contributed by atoms with van der Waals surface area (Å²) in [7, 11) is -5.21. The van der Waals surface area contributed by atoms with Crippen molar-refractivity contribution in [2.75, 3.05) is 6.61 Å². The minimum atomic E-state index is -1.80. The summed E-state index contributed by atoms with van der Waals surface area (Å²) in [5.41, 5.74) is 1.15. The second kappa shape index (κ2) is 18.0. The van der Waals surface area contributed by atoms with Gasteiger partial charge in [0.05, 0.1) is 17.9 Å². The van der Waals surface area contributed by atoms with Gasteiger partial charge in [-0.05, 0) is 85.1 Å². The highest BCUT2D eigenvalue weighted by Gasteiger charge is 2.42. The Morgan fingerprint density at radius 1 is 0.900 bits per heavy atom. The van der Waals surface area contributed by atoms with E-state index in [2.05, 4.69) is 83.2 Å². The van der Waals surface area contributed by atoms with E-state index in [1.807, 2.05) is 6.92 Å². The summed E-state index contributed by atoms with van der Waals surface area (Å²) in [5.74, 6) is 0.549. The molecule has 9 heteroatoms. The van der Waals surface area contributed by atoms with Crippen LogP contribution in [0.3, 0.4) is 0 Å². The summed E-state index contributed by atoms with van der Waals surface area (Å²) in [5, 5.41) is 4.61. The monoisotopic (exact) mass is 613 g/mol. The molecule has 0 heterocycles. The number of unbranched alkanes of at least 4 members (excludes halogenated alkanes) is 5. The van der Waals surface area contributed by atoms with Crippen LogP contribution in [-0.4, -0.2) is 55.4 Å². The molecule has 0 amide bonds. The molecule has 1 saturated carbocycles. The molecule has 0 saturated heterocycles. The number of hydrogen-bond acceptors (Lipinski definition) is 6. The minimum Gasteiger partial charge on any atom is -0.520 e. The Kier molecular flexibility index (Phi) is 16.8. The Balaban J connectivity index is 3.00. The van der Waals surface area contributed by atoms with Gasteiger partial charge in [0, 0.05) is 24.7 Å². The molecule has 0 aliphatic heterocycles. The van der Waals surface area contributed by atoms with Crippen LogP contribution in [0.15, 0.2) is 17.3 Å². The van der Waals surface area contributed by atoms with E-state index in [4.69, 9.17) is 18.1 Å². The standard InChI is InChI=1S/C31H63NO5Si3/c1-12-14-17-20-26(35-38(3,4)5)23-24-28-27(21-18-15-16-19-22-31(33)37-40(9,10)11)29(32-34-13-2)25-30(28)36-39(6,7)8/h23-24,26-28,30H,12-22,25H2,1-11H3/b24-23+,32-29-/t26-,27+,28+,30+/m0/s1. The second-order valence-electron chi connectivity index (χ2n) is 14.3. The van der Waals surface area contributed by atoms with Crippen molar-refractivity contribution in [3.8, 4) is 0 Å². The van der Waals surface area contributed by atoms with Gasteiger partial charge in [-0.25, -0.2) is 0 Å². The van der Waals surface area contributed by atoms with Gasteiger partial charge in [0.2, 0.25) is 8.32 Å². The maximum atomic E-state index is 12.1. The van der Waals surface area contributed by atoms with Crippen LogP contribution in [-0.2, 0) is 22.9 Å². The maximum absolute atomic E-state index is 12.1. The highest BCUT2D eigenvalue weighted by molar-refractivity contribution is 6.71. The van der Waals surface area contributed by atoms with Crippen LogP contribution in [0.25, 0.3) is 0 Å². The van der Waals surface area contributed by atoms with Crippen molar-refractivity contribution in [2.45, 2.75) is 156 Å². The van der Waals surface area contributed by atoms with E-state index in [0.29, 0.717) is 18.9 Å². The fourth-order valence-electron chi connectivity index (χ4n) is 5.29. The fraction of sp³-hybridized carbons (Fsp3) is 0.871. The van der Waals surface area contributed by atoms with E-state index >= 15 is 0 Å². The first-order valence-electron chi connectivity index (χ1n) is 16.0. The number of nitrogens with zero attached hydrogens (tertiary/aromatic N) is 1. The van der Waals surface area contributed by atoms with E-state index in [1.165, 1.54) is 19.3 Å². The van der Waals surface area contributed by atoms with Crippen molar-refractivity contribution in [3.05, 3.63) is 12.2 Å². The first-order chi connectivity index (χ1) is 18.5. The molecule has 0 aromatic carbocycles.